The van der Waals surface area contributed by atoms with Gasteiger partial charge in [-0.2, -0.15) is 0 Å². The van der Waals surface area contributed by atoms with Gasteiger partial charge in [0.1, 0.15) is 5.75 Å². The Morgan fingerprint density at radius 2 is 2.12 bits per heavy atom. The Bertz CT molecular complexity index is 380. The quantitative estimate of drug-likeness (QED) is 0.472. The lowest BCUT2D eigenvalue weighted by atomic mass is 10.1. The summed E-state index contributed by atoms with van der Waals surface area (Å²) in [5.74, 6) is 0.137. The van der Waals surface area contributed by atoms with Crippen LogP contribution >= 0.6 is 22.6 Å². The molecule has 0 aliphatic carbocycles. The standard InChI is InChI=1S/C13H18INO2/c1-10-9-11(16)5-6-12(10)13(17)15-8-4-2-3-7-14/h5-6,9,16H,2-4,7-8H2,1H3,(H,15,17). The second-order valence-corrected chi connectivity index (χ2v) is 5.08. The molecule has 0 aliphatic rings. The number of phenolic OH excluding ortho intramolecular Hbond substituents is 1. The fourth-order valence-electron chi connectivity index (χ4n) is 1.60. The van der Waals surface area contributed by atoms with Gasteiger partial charge < -0.3 is 10.4 Å². The molecular formula is C13H18INO2. The van der Waals surface area contributed by atoms with E-state index in [0.717, 1.165) is 24.9 Å². The van der Waals surface area contributed by atoms with Crippen molar-refractivity contribution in [2.24, 2.45) is 0 Å². The number of unbranched alkanes of at least 4 members (excludes halogenated alkanes) is 2. The number of hydrogen-bond acceptors (Lipinski definition) is 2. The van der Waals surface area contributed by atoms with Gasteiger partial charge in [0.25, 0.3) is 5.91 Å². The number of rotatable bonds is 6. The zero-order chi connectivity index (χ0) is 12.7. The van der Waals surface area contributed by atoms with E-state index in [0.29, 0.717) is 5.56 Å². The van der Waals surface area contributed by atoms with Gasteiger partial charge in [-0.15, -0.1) is 0 Å². The Labute approximate surface area is 116 Å². The fraction of sp³-hybridized carbons (Fsp3) is 0.462. The van der Waals surface area contributed by atoms with E-state index >= 15 is 0 Å². The first kappa shape index (κ1) is 14.3. The maximum Gasteiger partial charge on any atom is 0.251 e. The average molecular weight is 347 g/mol. The largest absolute Gasteiger partial charge is 0.508 e. The molecule has 1 rings (SSSR count). The fourth-order valence-corrected chi connectivity index (χ4v) is 2.14. The van der Waals surface area contributed by atoms with Gasteiger partial charge in [-0.25, -0.2) is 0 Å². The first-order valence-electron chi connectivity index (χ1n) is 5.79. The van der Waals surface area contributed by atoms with Crippen LogP contribution in [0.1, 0.15) is 35.2 Å². The monoisotopic (exact) mass is 347 g/mol. The van der Waals surface area contributed by atoms with Crippen LogP contribution in [0.4, 0.5) is 0 Å². The molecule has 4 heteroatoms. The molecule has 0 bridgehead atoms. The summed E-state index contributed by atoms with van der Waals surface area (Å²) in [5, 5.41) is 12.2. The van der Waals surface area contributed by atoms with Crippen LogP contribution in [0.15, 0.2) is 18.2 Å². The van der Waals surface area contributed by atoms with E-state index in [1.165, 1.54) is 16.9 Å². The Balaban J connectivity index is 2.42. The molecule has 94 valence electrons. The number of carbonyl (C=O) groups is 1. The number of phenols is 1. The summed E-state index contributed by atoms with van der Waals surface area (Å²) < 4.78 is 1.17. The molecule has 0 fully saturated rings. The number of halogens is 1. The molecule has 0 atom stereocenters. The molecule has 0 saturated carbocycles. The number of alkyl halides is 1. The van der Waals surface area contributed by atoms with Crippen molar-refractivity contribution < 1.29 is 9.90 Å². The molecule has 0 unspecified atom stereocenters. The molecule has 3 nitrogen and oxygen atoms in total. The van der Waals surface area contributed by atoms with Crippen molar-refractivity contribution >= 4 is 28.5 Å². The van der Waals surface area contributed by atoms with Crippen LogP contribution < -0.4 is 5.32 Å². The van der Waals surface area contributed by atoms with E-state index < -0.39 is 0 Å². The van der Waals surface area contributed by atoms with Gasteiger partial charge in [0.15, 0.2) is 0 Å². The third-order valence-corrected chi connectivity index (χ3v) is 3.31. The van der Waals surface area contributed by atoms with Crippen molar-refractivity contribution in [1.29, 1.82) is 0 Å². The summed E-state index contributed by atoms with van der Waals surface area (Å²) in [6.07, 6.45) is 3.37. The molecule has 0 spiro atoms. The SMILES string of the molecule is Cc1cc(O)ccc1C(=O)NCCCCCI. The second kappa shape index (κ2) is 7.53. The van der Waals surface area contributed by atoms with Crippen LogP contribution in [-0.4, -0.2) is 22.0 Å². The van der Waals surface area contributed by atoms with E-state index in [-0.39, 0.29) is 11.7 Å². The van der Waals surface area contributed by atoms with Gasteiger partial charge in [0, 0.05) is 12.1 Å². The minimum atomic E-state index is -0.0584. The Hall–Kier alpha value is -0.780. The van der Waals surface area contributed by atoms with Gasteiger partial charge in [-0.05, 0) is 48.0 Å². The molecule has 0 aromatic heterocycles. The maximum atomic E-state index is 11.8. The van der Waals surface area contributed by atoms with Crippen molar-refractivity contribution in [2.45, 2.75) is 26.2 Å². The van der Waals surface area contributed by atoms with Gasteiger partial charge in [-0.3, -0.25) is 4.79 Å². The predicted molar refractivity (Wildman–Crippen MR) is 77.9 cm³/mol. The number of hydrogen-bond donors (Lipinski definition) is 2. The minimum absolute atomic E-state index is 0.0584. The number of nitrogens with one attached hydrogen (secondary N) is 1. The predicted octanol–water partition coefficient (Wildman–Crippen LogP) is 3.04. The number of amides is 1. The lowest BCUT2D eigenvalue weighted by Gasteiger charge is -2.07. The number of carbonyl (C=O) groups excluding carboxylic acids is 1. The summed E-state index contributed by atoms with van der Waals surface area (Å²) in [7, 11) is 0. The first-order chi connectivity index (χ1) is 8.15. The summed E-state index contributed by atoms with van der Waals surface area (Å²) in [4.78, 5) is 11.8. The Morgan fingerprint density at radius 3 is 2.76 bits per heavy atom. The van der Waals surface area contributed by atoms with Crippen LogP contribution in [0.5, 0.6) is 5.75 Å². The topological polar surface area (TPSA) is 49.3 Å². The van der Waals surface area contributed by atoms with E-state index in [2.05, 4.69) is 27.9 Å². The van der Waals surface area contributed by atoms with Crippen LogP contribution in [0.2, 0.25) is 0 Å². The smallest absolute Gasteiger partial charge is 0.251 e. The first-order valence-corrected chi connectivity index (χ1v) is 7.31. The third kappa shape index (κ3) is 4.93. The summed E-state index contributed by atoms with van der Waals surface area (Å²) >= 11 is 2.36. The van der Waals surface area contributed by atoms with Gasteiger partial charge >= 0.3 is 0 Å². The lowest BCUT2D eigenvalue weighted by molar-refractivity contribution is 0.0952. The van der Waals surface area contributed by atoms with Crippen molar-refractivity contribution in [3.05, 3.63) is 29.3 Å². The van der Waals surface area contributed by atoms with Gasteiger partial charge in [-0.1, -0.05) is 29.0 Å². The molecule has 1 aromatic rings. The summed E-state index contributed by atoms with van der Waals surface area (Å²) in [5.41, 5.74) is 1.44. The van der Waals surface area contributed by atoms with E-state index in [1.807, 2.05) is 6.92 Å². The molecule has 0 heterocycles. The lowest BCUT2D eigenvalue weighted by Crippen LogP contribution is -2.25. The molecule has 0 saturated heterocycles. The van der Waals surface area contributed by atoms with E-state index in [1.54, 1.807) is 12.1 Å². The Kier molecular flexibility index (Phi) is 6.32. The molecule has 1 amide bonds. The molecule has 1 aromatic carbocycles. The number of benzene rings is 1. The minimum Gasteiger partial charge on any atom is -0.508 e. The van der Waals surface area contributed by atoms with Crippen LogP contribution in [-0.2, 0) is 0 Å². The van der Waals surface area contributed by atoms with Crippen molar-refractivity contribution in [1.82, 2.24) is 5.32 Å². The highest BCUT2D eigenvalue weighted by molar-refractivity contribution is 14.1. The van der Waals surface area contributed by atoms with Gasteiger partial charge in [0.2, 0.25) is 0 Å². The Morgan fingerprint density at radius 1 is 1.35 bits per heavy atom. The van der Waals surface area contributed by atoms with Crippen molar-refractivity contribution in [3.63, 3.8) is 0 Å². The zero-order valence-corrected chi connectivity index (χ0v) is 12.2. The van der Waals surface area contributed by atoms with Crippen LogP contribution in [0.25, 0.3) is 0 Å². The molecule has 0 radical (unpaired) electrons. The van der Waals surface area contributed by atoms with Crippen LogP contribution in [0.3, 0.4) is 0 Å². The van der Waals surface area contributed by atoms with E-state index in [4.69, 9.17) is 0 Å². The molecule has 17 heavy (non-hydrogen) atoms. The highest BCUT2D eigenvalue weighted by Crippen LogP contribution is 2.15. The van der Waals surface area contributed by atoms with Crippen molar-refractivity contribution in [3.8, 4) is 5.75 Å². The normalized spacial score (nSPS) is 10.2. The number of aryl methyl sites for hydroxylation is 1. The molecule has 0 aliphatic heterocycles. The highest BCUT2D eigenvalue weighted by Gasteiger charge is 2.08. The maximum absolute atomic E-state index is 11.8. The molecule has 2 N–H and O–H groups in total. The third-order valence-electron chi connectivity index (χ3n) is 2.55. The van der Waals surface area contributed by atoms with Crippen molar-refractivity contribution in [2.75, 3.05) is 11.0 Å². The van der Waals surface area contributed by atoms with E-state index in [9.17, 15) is 9.90 Å². The molecular weight excluding hydrogens is 329 g/mol. The zero-order valence-electron chi connectivity index (χ0n) is 10.0. The summed E-state index contributed by atoms with van der Waals surface area (Å²) in [6.45, 7) is 2.54. The second-order valence-electron chi connectivity index (χ2n) is 4.00. The average Bonchev–Trinajstić information content (AvgIpc) is 2.28. The summed E-state index contributed by atoms with van der Waals surface area (Å²) in [6, 6.07) is 4.80. The van der Waals surface area contributed by atoms with Crippen LogP contribution in [0, 0.1) is 6.92 Å². The highest BCUT2D eigenvalue weighted by atomic mass is 127. The van der Waals surface area contributed by atoms with Gasteiger partial charge in [0.05, 0.1) is 0 Å². The number of aromatic hydroxyl groups is 1.